The molecule has 6 heteroatoms. The molecule has 0 aliphatic carbocycles. The Balaban J connectivity index is 1.88. The monoisotopic (exact) mass is 303 g/mol. The molecule has 1 aromatic carbocycles. The molecule has 0 spiro atoms. The zero-order valence-electron chi connectivity index (χ0n) is 11.6. The highest BCUT2D eigenvalue weighted by Gasteiger charge is 2.15. The summed E-state index contributed by atoms with van der Waals surface area (Å²) in [7, 11) is 0. The van der Waals surface area contributed by atoms with Crippen LogP contribution in [-0.4, -0.2) is 15.7 Å². The Labute approximate surface area is 126 Å². The van der Waals surface area contributed by atoms with Gasteiger partial charge in [-0.05, 0) is 38.1 Å². The number of hydrogen-bond donors (Lipinski definition) is 1. The first-order valence-corrected chi connectivity index (χ1v) is 6.96. The number of rotatable bonds is 3. The van der Waals surface area contributed by atoms with Crippen LogP contribution < -0.4 is 5.32 Å². The van der Waals surface area contributed by atoms with Gasteiger partial charge < -0.3 is 9.73 Å². The van der Waals surface area contributed by atoms with Crippen molar-refractivity contribution in [2.24, 2.45) is 0 Å². The third kappa shape index (κ3) is 2.64. The van der Waals surface area contributed by atoms with Crippen LogP contribution in [0.1, 0.15) is 30.4 Å². The Morgan fingerprint density at radius 1 is 1.33 bits per heavy atom. The summed E-state index contributed by atoms with van der Waals surface area (Å²) in [6.45, 7) is 3.98. The summed E-state index contributed by atoms with van der Waals surface area (Å²) in [5.41, 5.74) is 0.627. The van der Waals surface area contributed by atoms with Gasteiger partial charge in [-0.25, -0.2) is 4.68 Å². The van der Waals surface area contributed by atoms with E-state index in [0.717, 1.165) is 5.39 Å². The van der Waals surface area contributed by atoms with E-state index in [-0.39, 0.29) is 17.7 Å². The number of carbonyl (C=O) groups excluding carboxylic acids is 1. The van der Waals surface area contributed by atoms with Gasteiger partial charge in [0.05, 0.1) is 6.20 Å². The fraction of sp³-hybridized carbons (Fsp3) is 0.200. The summed E-state index contributed by atoms with van der Waals surface area (Å²) < 4.78 is 7.27. The van der Waals surface area contributed by atoms with E-state index < -0.39 is 0 Å². The molecule has 0 saturated carbocycles. The lowest BCUT2D eigenvalue weighted by Gasteiger charge is -2.10. The average molecular weight is 304 g/mol. The third-order valence-electron chi connectivity index (χ3n) is 3.10. The lowest BCUT2D eigenvalue weighted by Crippen LogP contribution is -2.16. The SMILES string of the molecule is CC(C)n1nccc1NC(=O)c1cc2cc(Cl)ccc2o1. The molecule has 1 amide bonds. The number of amides is 1. The van der Waals surface area contributed by atoms with Gasteiger partial charge in [0.1, 0.15) is 11.4 Å². The van der Waals surface area contributed by atoms with Gasteiger partial charge in [0.2, 0.25) is 0 Å². The normalized spacial score (nSPS) is 11.2. The lowest BCUT2D eigenvalue weighted by molar-refractivity contribution is 0.0997. The van der Waals surface area contributed by atoms with Crippen molar-refractivity contribution in [1.29, 1.82) is 0 Å². The van der Waals surface area contributed by atoms with Crippen LogP contribution in [-0.2, 0) is 0 Å². The molecule has 5 nitrogen and oxygen atoms in total. The van der Waals surface area contributed by atoms with Crippen molar-refractivity contribution in [3.8, 4) is 0 Å². The summed E-state index contributed by atoms with van der Waals surface area (Å²) in [5.74, 6) is 0.557. The van der Waals surface area contributed by atoms with Gasteiger partial charge in [-0.2, -0.15) is 5.10 Å². The molecule has 0 radical (unpaired) electrons. The largest absolute Gasteiger partial charge is 0.451 e. The second kappa shape index (κ2) is 5.26. The Kier molecular flexibility index (Phi) is 3.43. The standard InChI is InChI=1S/C15H14ClN3O2/c1-9(2)19-14(5-6-17-19)18-15(20)13-8-10-7-11(16)3-4-12(10)21-13/h3-9H,1-2H3,(H,18,20). The molecule has 0 atom stereocenters. The van der Waals surface area contributed by atoms with E-state index in [1.54, 1.807) is 41.2 Å². The summed E-state index contributed by atoms with van der Waals surface area (Å²) >= 11 is 5.92. The molecule has 3 aromatic rings. The van der Waals surface area contributed by atoms with Crippen LogP contribution in [0.15, 0.2) is 40.9 Å². The van der Waals surface area contributed by atoms with Crippen LogP contribution in [0.2, 0.25) is 5.02 Å². The molecule has 0 fully saturated rings. The molecule has 0 aliphatic heterocycles. The van der Waals surface area contributed by atoms with E-state index in [1.165, 1.54) is 0 Å². The molecule has 0 bridgehead atoms. The van der Waals surface area contributed by atoms with Gasteiger partial charge in [-0.15, -0.1) is 0 Å². The van der Waals surface area contributed by atoms with Crippen LogP contribution in [0.25, 0.3) is 11.0 Å². The zero-order chi connectivity index (χ0) is 15.0. The summed E-state index contributed by atoms with van der Waals surface area (Å²) in [5, 5.41) is 8.37. The van der Waals surface area contributed by atoms with Gasteiger partial charge in [0, 0.05) is 22.5 Å². The van der Waals surface area contributed by atoms with Gasteiger partial charge >= 0.3 is 0 Å². The Bertz CT molecular complexity index is 804. The summed E-state index contributed by atoms with van der Waals surface area (Å²) in [6.07, 6.45) is 1.65. The quantitative estimate of drug-likeness (QED) is 0.792. The minimum atomic E-state index is -0.315. The molecule has 2 aromatic heterocycles. The van der Waals surface area contributed by atoms with Gasteiger partial charge in [-0.3, -0.25) is 4.79 Å². The van der Waals surface area contributed by atoms with Crippen LogP contribution in [0.5, 0.6) is 0 Å². The molecule has 108 valence electrons. The molecule has 0 unspecified atom stereocenters. The van der Waals surface area contributed by atoms with Gasteiger partial charge in [0.15, 0.2) is 5.76 Å². The van der Waals surface area contributed by atoms with Crippen molar-refractivity contribution in [2.75, 3.05) is 5.32 Å². The fourth-order valence-electron chi connectivity index (χ4n) is 2.13. The van der Waals surface area contributed by atoms with Crippen molar-refractivity contribution < 1.29 is 9.21 Å². The highest BCUT2D eigenvalue weighted by molar-refractivity contribution is 6.31. The number of anilines is 1. The third-order valence-corrected chi connectivity index (χ3v) is 3.34. The Hall–Kier alpha value is -2.27. The van der Waals surface area contributed by atoms with E-state index in [9.17, 15) is 4.79 Å². The molecule has 0 aliphatic rings. The molecule has 2 heterocycles. The van der Waals surface area contributed by atoms with E-state index in [0.29, 0.717) is 16.4 Å². The van der Waals surface area contributed by atoms with Crippen molar-refractivity contribution in [2.45, 2.75) is 19.9 Å². The maximum Gasteiger partial charge on any atom is 0.292 e. The molecule has 21 heavy (non-hydrogen) atoms. The smallest absolute Gasteiger partial charge is 0.292 e. The first-order chi connectivity index (χ1) is 10.0. The van der Waals surface area contributed by atoms with Gasteiger partial charge in [-0.1, -0.05) is 11.6 Å². The lowest BCUT2D eigenvalue weighted by atomic mass is 10.2. The summed E-state index contributed by atoms with van der Waals surface area (Å²) in [4.78, 5) is 12.3. The van der Waals surface area contributed by atoms with Gasteiger partial charge in [0.25, 0.3) is 5.91 Å². The minimum absolute atomic E-state index is 0.157. The zero-order valence-corrected chi connectivity index (χ0v) is 12.4. The number of nitrogens with one attached hydrogen (secondary N) is 1. The van der Waals surface area contributed by atoms with E-state index in [1.807, 2.05) is 13.8 Å². The first-order valence-electron chi connectivity index (χ1n) is 6.58. The maximum atomic E-state index is 12.3. The van der Waals surface area contributed by atoms with Crippen molar-refractivity contribution in [3.05, 3.63) is 47.3 Å². The van der Waals surface area contributed by atoms with Crippen LogP contribution in [0, 0.1) is 0 Å². The number of carbonyl (C=O) groups is 1. The number of hydrogen-bond acceptors (Lipinski definition) is 3. The molecule has 3 rings (SSSR count). The fourth-order valence-corrected chi connectivity index (χ4v) is 2.31. The summed E-state index contributed by atoms with van der Waals surface area (Å²) in [6, 6.07) is 8.81. The molecule has 0 saturated heterocycles. The molecular weight excluding hydrogens is 290 g/mol. The van der Waals surface area contributed by atoms with Crippen molar-refractivity contribution in [3.63, 3.8) is 0 Å². The second-order valence-electron chi connectivity index (χ2n) is 5.00. The number of fused-ring (bicyclic) bond motifs is 1. The molecular formula is C15H14ClN3O2. The minimum Gasteiger partial charge on any atom is -0.451 e. The highest BCUT2D eigenvalue weighted by atomic mass is 35.5. The maximum absolute atomic E-state index is 12.3. The van der Waals surface area contributed by atoms with E-state index in [2.05, 4.69) is 10.4 Å². The van der Waals surface area contributed by atoms with Crippen LogP contribution in [0.3, 0.4) is 0 Å². The Morgan fingerprint density at radius 3 is 2.90 bits per heavy atom. The van der Waals surface area contributed by atoms with Crippen molar-refractivity contribution in [1.82, 2.24) is 9.78 Å². The second-order valence-corrected chi connectivity index (χ2v) is 5.44. The van der Waals surface area contributed by atoms with E-state index >= 15 is 0 Å². The topological polar surface area (TPSA) is 60.1 Å². The predicted octanol–water partition coefficient (Wildman–Crippen LogP) is 4.12. The Morgan fingerprint density at radius 2 is 2.14 bits per heavy atom. The molecule has 1 N–H and O–H groups in total. The average Bonchev–Trinajstić information content (AvgIpc) is 3.04. The van der Waals surface area contributed by atoms with E-state index in [4.69, 9.17) is 16.0 Å². The number of furan rings is 1. The van der Waals surface area contributed by atoms with Crippen LogP contribution in [0.4, 0.5) is 5.82 Å². The van der Waals surface area contributed by atoms with Crippen molar-refractivity contribution >= 4 is 34.3 Å². The first kappa shape index (κ1) is 13.7. The number of nitrogens with zero attached hydrogens (tertiary/aromatic N) is 2. The number of halogens is 1. The number of benzene rings is 1. The van der Waals surface area contributed by atoms with Crippen LogP contribution >= 0.6 is 11.6 Å². The number of aromatic nitrogens is 2. The predicted molar refractivity (Wildman–Crippen MR) is 81.8 cm³/mol. The highest BCUT2D eigenvalue weighted by Crippen LogP contribution is 2.24.